The Morgan fingerprint density at radius 3 is 2.94 bits per heavy atom. The zero-order chi connectivity index (χ0) is 12.8. The monoisotopic (exact) mass is 248 g/mol. The maximum atomic E-state index is 11.7. The molecular formula is C15H20O3. The number of esters is 1. The third kappa shape index (κ3) is 1.00. The fourth-order valence-electron chi connectivity index (χ4n) is 4.92. The van der Waals surface area contributed by atoms with Crippen LogP contribution in [0.1, 0.15) is 46.5 Å². The van der Waals surface area contributed by atoms with Crippen molar-refractivity contribution >= 4 is 5.97 Å². The van der Waals surface area contributed by atoms with E-state index >= 15 is 0 Å². The van der Waals surface area contributed by atoms with E-state index < -0.39 is 5.79 Å². The van der Waals surface area contributed by atoms with E-state index in [0.29, 0.717) is 18.3 Å². The smallest absolute Gasteiger partial charge is 0.311 e. The van der Waals surface area contributed by atoms with Crippen molar-refractivity contribution in [3.63, 3.8) is 0 Å². The SMILES string of the molecule is CC1=CC2C[C@]34OC(=O)C[C@]3(O4)C(C)(C)C2CC1. The predicted octanol–water partition coefficient (Wildman–Crippen LogP) is 2.80. The van der Waals surface area contributed by atoms with Crippen molar-refractivity contribution in [2.45, 2.75) is 57.8 Å². The van der Waals surface area contributed by atoms with Gasteiger partial charge in [0.05, 0.1) is 6.42 Å². The van der Waals surface area contributed by atoms with Crippen LogP contribution in [0.15, 0.2) is 11.6 Å². The van der Waals surface area contributed by atoms with Crippen molar-refractivity contribution in [3.8, 4) is 0 Å². The fraction of sp³-hybridized carbons (Fsp3) is 0.800. The van der Waals surface area contributed by atoms with Crippen LogP contribution in [-0.4, -0.2) is 17.4 Å². The highest BCUT2D eigenvalue weighted by Crippen LogP contribution is 2.74. The first-order valence-electron chi connectivity index (χ1n) is 7.00. The van der Waals surface area contributed by atoms with Gasteiger partial charge in [-0.25, -0.2) is 0 Å². The van der Waals surface area contributed by atoms with Gasteiger partial charge in [-0.3, -0.25) is 4.79 Å². The Labute approximate surface area is 108 Å². The van der Waals surface area contributed by atoms with Gasteiger partial charge in [-0.05, 0) is 31.6 Å². The Kier molecular flexibility index (Phi) is 1.74. The van der Waals surface area contributed by atoms with Crippen LogP contribution >= 0.6 is 0 Å². The number of ether oxygens (including phenoxy) is 2. The molecule has 3 heteroatoms. The van der Waals surface area contributed by atoms with Crippen LogP contribution in [-0.2, 0) is 14.3 Å². The predicted molar refractivity (Wildman–Crippen MR) is 65.6 cm³/mol. The molecule has 1 saturated carbocycles. The van der Waals surface area contributed by atoms with Gasteiger partial charge in [-0.15, -0.1) is 0 Å². The normalized spacial score (nSPS) is 51.7. The van der Waals surface area contributed by atoms with Crippen LogP contribution < -0.4 is 0 Å². The standard InChI is InChI=1S/C15H20O3/c1-9-4-5-11-10(6-9)7-15-14(18-15,13(11,2)3)8-12(16)17-15/h6,10-11H,4-5,7-8H2,1-3H3/t10?,11?,14-,15+/m0/s1. The molecule has 3 fully saturated rings. The highest BCUT2D eigenvalue weighted by atomic mass is 16.8. The molecule has 18 heavy (non-hydrogen) atoms. The second-order valence-electron chi connectivity index (χ2n) is 7.08. The van der Waals surface area contributed by atoms with Gasteiger partial charge in [0.2, 0.25) is 5.79 Å². The molecule has 98 valence electrons. The molecule has 2 aliphatic heterocycles. The molecule has 0 spiro atoms. The lowest BCUT2D eigenvalue weighted by molar-refractivity contribution is -0.157. The van der Waals surface area contributed by atoms with Crippen molar-refractivity contribution in [2.24, 2.45) is 17.3 Å². The number of hydrogen-bond donors (Lipinski definition) is 0. The van der Waals surface area contributed by atoms with E-state index in [1.807, 2.05) is 0 Å². The molecule has 0 N–H and O–H groups in total. The Bertz CT molecular complexity index is 478. The molecular weight excluding hydrogens is 228 g/mol. The third-order valence-corrected chi connectivity index (χ3v) is 5.92. The maximum absolute atomic E-state index is 11.7. The van der Waals surface area contributed by atoms with Gasteiger partial charge in [-0.2, -0.15) is 0 Å². The van der Waals surface area contributed by atoms with E-state index in [9.17, 15) is 4.79 Å². The average molecular weight is 248 g/mol. The first kappa shape index (κ1) is 11.0. The number of epoxide rings is 1. The molecule has 0 bridgehead atoms. The Balaban J connectivity index is 1.80. The van der Waals surface area contributed by atoms with Crippen LogP contribution in [0.4, 0.5) is 0 Å². The van der Waals surface area contributed by atoms with Gasteiger partial charge >= 0.3 is 5.97 Å². The minimum atomic E-state index is -0.580. The lowest BCUT2D eigenvalue weighted by atomic mass is 9.54. The minimum absolute atomic E-state index is 0.0271. The number of carbonyl (C=O) groups is 1. The lowest BCUT2D eigenvalue weighted by Crippen LogP contribution is -2.51. The summed E-state index contributed by atoms with van der Waals surface area (Å²) in [4.78, 5) is 11.7. The molecule has 0 aromatic carbocycles. The number of allylic oxidation sites excluding steroid dienone is 2. The largest absolute Gasteiger partial charge is 0.430 e. The summed E-state index contributed by atoms with van der Waals surface area (Å²) in [7, 11) is 0. The van der Waals surface area contributed by atoms with Gasteiger partial charge in [0.1, 0.15) is 0 Å². The van der Waals surface area contributed by atoms with Crippen LogP contribution in [0.25, 0.3) is 0 Å². The number of rotatable bonds is 0. The van der Waals surface area contributed by atoms with Crippen LogP contribution in [0.3, 0.4) is 0 Å². The van der Waals surface area contributed by atoms with Crippen molar-refractivity contribution < 1.29 is 14.3 Å². The third-order valence-electron chi connectivity index (χ3n) is 5.92. The maximum Gasteiger partial charge on any atom is 0.311 e. The van der Waals surface area contributed by atoms with Crippen LogP contribution in [0.2, 0.25) is 0 Å². The number of carbonyl (C=O) groups excluding carboxylic acids is 1. The average Bonchev–Trinajstić information content (AvgIpc) is 2.76. The zero-order valence-corrected chi connectivity index (χ0v) is 11.3. The molecule has 4 atom stereocenters. The summed E-state index contributed by atoms with van der Waals surface area (Å²) in [6.45, 7) is 6.74. The quantitative estimate of drug-likeness (QED) is 0.376. The molecule has 2 heterocycles. The molecule has 3 nitrogen and oxygen atoms in total. The van der Waals surface area contributed by atoms with Crippen LogP contribution in [0, 0.1) is 17.3 Å². The Morgan fingerprint density at radius 1 is 1.39 bits per heavy atom. The van der Waals surface area contributed by atoms with Gasteiger partial charge in [0.25, 0.3) is 0 Å². The summed E-state index contributed by atoms with van der Waals surface area (Å²) in [6.07, 6.45) is 6.11. The Hall–Kier alpha value is -0.830. The molecule has 0 radical (unpaired) electrons. The first-order chi connectivity index (χ1) is 8.40. The molecule has 0 aromatic rings. The van der Waals surface area contributed by atoms with Gasteiger partial charge in [0, 0.05) is 11.8 Å². The highest BCUT2D eigenvalue weighted by molar-refractivity contribution is 5.77. The van der Waals surface area contributed by atoms with Crippen molar-refractivity contribution in [1.82, 2.24) is 0 Å². The second-order valence-corrected chi connectivity index (χ2v) is 7.08. The molecule has 0 amide bonds. The summed E-state index contributed by atoms with van der Waals surface area (Å²) in [5.41, 5.74) is 1.18. The highest BCUT2D eigenvalue weighted by Gasteiger charge is 2.86. The number of fused-ring (bicyclic) bond motifs is 1. The van der Waals surface area contributed by atoms with Gasteiger partial charge in [0.15, 0.2) is 5.60 Å². The molecule has 2 saturated heterocycles. The molecule has 2 unspecified atom stereocenters. The van der Waals surface area contributed by atoms with E-state index in [1.165, 1.54) is 18.4 Å². The first-order valence-corrected chi connectivity index (χ1v) is 7.00. The lowest BCUT2D eigenvalue weighted by Gasteiger charge is -2.47. The summed E-state index contributed by atoms with van der Waals surface area (Å²) in [5.74, 6) is 0.471. The minimum Gasteiger partial charge on any atom is -0.430 e. The summed E-state index contributed by atoms with van der Waals surface area (Å²) >= 11 is 0. The molecule has 2 aliphatic carbocycles. The summed E-state index contributed by atoms with van der Waals surface area (Å²) in [6, 6.07) is 0. The van der Waals surface area contributed by atoms with E-state index in [2.05, 4.69) is 26.8 Å². The molecule has 4 aliphatic rings. The van der Waals surface area contributed by atoms with E-state index in [-0.39, 0.29) is 17.0 Å². The zero-order valence-electron chi connectivity index (χ0n) is 11.3. The summed E-state index contributed by atoms with van der Waals surface area (Å²) in [5, 5.41) is 0. The van der Waals surface area contributed by atoms with E-state index in [1.54, 1.807) is 0 Å². The van der Waals surface area contributed by atoms with E-state index in [4.69, 9.17) is 9.47 Å². The topological polar surface area (TPSA) is 38.8 Å². The number of hydrogen-bond acceptors (Lipinski definition) is 3. The van der Waals surface area contributed by atoms with Gasteiger partial charge < -0.3 is 9.47 Å². The van der Waals surface area contributed by atoms with Crippen LogP contribution in [0.5, 0.6) is 0 Å². The second kappa shape index (κ2) is 2.84. The van der Waals surface area contributed by atoms with Crippen molar-refractivity contribution in [2.75, 3.05) is 0 Å². The summed E-state index contributed by atoms with van der Waals surface area (Å²) < 4.78 is 11.6. The van der Waals surface area contributed by atoms with E-state index in [0.717, 1.165) is 6.42 Å². The fourth-order valence-corrected chi connectivity index (χ4v) is 4.92. The van der Waals surface area contributed by atoms with Crippen molar-refractivity contribution in [3.05, 3.63) is 11.6 Å². The van der Waals surface area contributed by atoms with Crippen molar-refractivity contribution in [1.29, 1.82) is 0 Å². The molecule has 0 aromatic heterocycles. The van der Waals surface area contributed by atoms with Gasteiger partial charge in [-0.1, -0.05) is 25.5 Å². The molecule has 4 rings (SSSR count). The Morgan fingerprint density at radius 2 is 2.17 bits per heavy atom.